The number of rotatable bonds is 2. The molecule has 19 heavy (non-hydrogen) atoms. The van der Waals surface area contributed by atoms with Crippen LogP contribution in [-0.2, 0) is 15.6 Å². The van der Waals surface area contributed by atoms with Gasteiger partial charge in [-0.1, -0.05) is 32.9 Å². The van der Waals surface area contributed by atoms with Crippen LogP contribution in [0.2, 0.25) is 0 Å². The average Bonchev–Trinajstić information content (AvgIpc) is 2.23. The molecule has 1 heterocycles. The van der Waals surface area contributed by atoms with E-state index >= 15 is 0 Å². The van der Waals surface area contributed by atoms with Crippen LogP contribution in [0.15, 0.2) is 12.1 Å². The average molecular weight is 257 g/mol. The zero-order valence-electron chi connectivity index (χ0n) is 12.6. The Labute approximate surface area is 116 Å². The molecule has 0 bridgehead atoms. The van der Waals surface area contributed by atoms with Gasteiger partial charge in [0, 0.05) is 6.42 Å². The maximum Gasteiger partial charge on any atom is 0.0632 e. The monoisotopic (exact) mass is 257 g/mol. The first kappa shape index (κ1) is 14.1. The molecule has 1 aliphatic rings. The summed E-state index contributed by atoms with van der Waals surface area (Å²) in [7, 11) is 0. The quantitative estimate of drug-likeness (QED) is 0.807. The van der Waals surface area contributed by atoms with Gasteiger partial charge in [0.1, 0.15) is 0 Å². The number of hydrogen-bond acceptors (Lipinski definition) is 2. The highest BCUT2D eigenvalue weighted by Gasteiger charge is 2.42. The predicted octanol–water partition coefficient (Wildman–Crippen LogP) is 3.78. The maximum atomic E-state index is 9.09. The molecule has 1 fully saturated rings. The lowest BCUT2D eigenvalue weighted by Gasteiger charge is -2.42. The number of nitriles is 1. The molecule has 0 spiro atoms. The van der Waals surface area contributed by atoms with Gasteiger partial charge in [0.05, 0.1) is 24.7 Å². The first-order chi connectivity index (χ1) is 8.80. The van der Waals surface area contributed by atoms with Gasteiger partial charge >= 0.3 is 0 Å². The van der Waals surface area contributed by atoms with Crippen molar-refractivity contribution in [2.24, 2.45) is 0 Å². The van der Waals surface area contributed by atoms with Crippen molar-refractivity contribution in [2.75, 3.05) is 13.2 Å². The summed E-state index contributed by atoms with van der Waals surface area (Å²) >= 11 is 0. The molecule has 0 aromatic heterocycles. The Kier molecular flexibility index (Phi) is 3.45. The summed E-state index contributed by atoms with van der Waals surface area (Å²) in [6.07, 6.45) is 0.545. The van der Waals surface area contributed by atoms with Gasteiger partial charge in [-0.15, -0.1) is 0 Å². The highest BCUT2D eigenvalue weighted by Crippen LogP contribution is 2.40. The predicted molar refractivity (Wildman–Crippen MR) is 77.3 cm³/mol. The zero-order chi connectivity index (χ0) is 14.3. The van der Waals surface area contributed by atoms with Crippen molar-refractivity contribution < 1.29 is 4.74 Å². The minimum atomic E-state index is -0.0701. The minimum absolute atomic E-state index is 0.0701. The molecule has 2 heteroatoms. The molecule has 0 aliphatic carbocycles. The van der Waals surface area contributed by atoms with Gasteiger partial charge in [0.25, 0.3) is 0 Å². The van der Waals surface area contributed by atoms with Crippen LogP contribution < -0.4 is 0 Å². The van der Waals surface area contributed by atoms with Crippen LogP contribution >= 0.6 is 0 Å². The van der Waals surface area contributed by atoms with Crippen molar-refractivity contribution in [2.45, 2.75) is 51.9 Å². The molecule has 0 N–H and O–H groups in total. The summed E-state index contributed by atoms with van der Waals surface area (Å²) in [5, 5.41) is 9.09. The van der Waals surface area contributed by atoms with Crippen molar-refractivity contribution >= 4 is 0 Å². The molecule has 0 unspecified atom stereocenters. The van der Waals surface area contributed by atoms with E-state index in [1.54, 1.807) is 0 Å². The van der Waals surface area contributed by atoms with E-state index in [0.717, 1.165) is 0 Å². The third-order valence-electron chi connectivity index (χ3n) is 4.10. The standard InChI is InChI=1S/C17H23NO/c1-12-8-14(16(3,4)5)9-13(2)15(12)17(6-7-18)10-19-11-17/h8-9H,6,10-11H2,1-5H3. The van der Waals surface area contributed by atoms with Gasteiger partial charge in [-0.05, 0) is 41.5 Å². The van der Waals surface area contributed by atoms with Gasteiger partial charge in [-0.2, -0.15) is 5.26 Å². The van der Waals surface area contributed by atoms with Crippen molar-refractivity contribution in [3.8, 4) is 6.07 Å². The van der Waals surface area contributed by atoms with E-state index in [4.69, 9.17) is 10.00 Å². The topological polar surface area (TPSA) is 33.0 Å². The normalized spacial score (nSPS) is 17.7. The second kappa shape index (κ2) is 4.65. The molecule has 2 rings (SSSR count). The molecule has 102 valence electrons. The van der Waals surface area contributed by atoms with E-state index in [9.17, 15) is 0 Å². The van der Waals surface area contributed by atoms with E-state index < -0.39 is 0 Å². The minimum Gasteiger partial charge on any atom is -0.379 e. The Morgan fingerprint density at radius 2 is 1.74 bits per heavy atom. The number of aryl methyl sites for hydroxylation is 2. The number of benzene rings is 1. The molecule has 0 saturated carbocycles. The number of nitrogens with zero attached hydrogens (tertiary/aromatic N) is 1. The Hall–Kier alpha value is -1.33. The third kappa shape index (κ3) is 2.40. The Bertz CT molecular complexity index is 504. The number of hydrogen-bond donors (Lipinski definition) is 0. The van der Waals surface area contributed by atoms with E-state index in [-0.39, 0.29) is 10.8 Å². The smallest absolute Gasteiger partial charge is 0.0632 e. The highest BCUT2D eigenvalue weighted by molar-refractivity contribution is 5.46. The molecule has 1 aromatic rings. The molecule has 1 saturated heterocycles. The Morgan fingerprint density at radius 3 is 2.05 bits per heavy atom. The summed E-state index contributed by atoms with van der Waals surface area (Å²) < 4.78 is 5.40. The molecule has 2 nitrogen and oxygen atoms in total. The van der Waals surface area contributed by atoms with Crippen LogP contribution in [-0.4, -0.2) is 13.2 Å². The maximum absolute atomic E-state index is 9.09. The van der Waals surface area contributed by atoms with E-state index in [2.05, 4.69) is 52.8 Å². The molecule has 1 aromatic carbocycles. The van der Waals surface area contributed by atoms with E-state index in [1.807, 2.05) is 0 Å². The van der Waals surface area contributed by atoms with Crippen molar-refractivity contribution in [1.82, 2.24) is 0 Å². The van der Waals surface area contributed by atoms with Gasteiger partial charge in [-0.25, -0.2) is 0 Å². The fourth-order valence-corrected chi connectivity index (χ4v) is 3.07. The lowest BCUT2D eigenvalue weighted by molar-refractivity contribution is -0.0583. The van der Waals surface area contributed by atoms with E-state index in [0.29, 0.717) is 19.6 Å². The van der Waals surface area contributed by atoms with Crippen LogP contribution in [0, 0.1) is 25.2 Å². The summed E-state index contributed by atoms with van der Waals surface area (Å²) in [5.74, 6) is 0. The van der Waals surface area contributed by atoms with Gasteiger partial charge in [0.15, 0.2) is 0 Å². The molecule has 0 atom stereocenters. The van der Waals surface area contributed by atoms with Crippen LogP contribution in [0.3, 0.4) is 0 Å². The summed E-state index contributed by atoms with van der Waals surface area (Å²) in [6.45, 7) is 12.4. The lowest BCUT2D eigenvalue weighted by Crippen LogP contribution is -2.47. The fraction of sp³-hybridized carbons (Fsp3) is 0.588. The lowest BCUT2D eigenvalue weighted by atomic mass is 9.71. The first-order valence-electron chi connectivity index (χ1n) is 6.87. The van der Waals surface area contributed by atoms with Crippen LogP contribution in [0.1, 0.15) is 49.4 Å². The SMILES string of the molecule is Cc1cc(C(C)(C)C)cc(C)c1C1(CC#N)COC1. The zero-order valence-corrected chi connectivity index (χ0v) is 12.6. The summed E-state index contributed by atoms with van der Waals surface area (Å²) in [4.78, 5) is 0. The molecular weight excluding hydrogens is 234 g/mol. The summed E-state index contributed by atoms with van der Waals surface area (Å²) in [6, 6.07) is 6.88. The fourth-order valence-electron chi connectivity index (χ4n) is 3.07. The first-order valence-corrected chi connectivity index (χ1v) is 6.87. The summed E-state index contributed by atoms with van der Waals surface area (Å²) in [5.41, 5.74) is 5.37. The van der Waals surface area contributed by atoms with Crippen molar-refractivity contribution in [3.63, 3.8) is 0 Å². The van der Waals surface area contributed by atoms with Gasteiger partial charge in [0.2, 0.25) is 0 Å². The third-order valence-corrected chi connectivity index (χ3v) is 4.10. The second-order valence-corrected chi connectivity index (χ2v) is 6.84. The van der Waals surface area contributed by atoms with Crippen molar-refractivity contribution in [3.05, 3.63) is 34.4 Å². The Balaban J connectivity index is 2.52. The molecule has 0 amide bonds. The molecule has 0 radical (unpaired) electrons. The van der Waals surface area contributed by atoms with Crippen LogP contribution in [0.25, 0.3) is 0 Å². The van der Waals surface area contributed by atoms with E-state index in [1.165, 1.54) is 22.3 Å². The van der Waals surface area contributed by atoms with Gasteiger partial charge in [-0.3, -0.25) is 0 Å². The number of ether oxygens (including phenoxy) is 1. The second-order valence-electron chi connectivity index (χ2n) is 6.84. The Morgan fingerprint density at radius 1 is 1.21 bits per heavy atom. The van der Waals surface area contributed by atoms with Gasteiger partial charge < -0.3 is 4.74 Å². The van der Waals surface area contributed by atoms with Crippen molar-refractivity contribution in [1.29, 1.82) is 5.26 Å². The molecular formula is C17H23NO. The largest absolute Gasteiger partial charge is 0.379 e. The molecule has 1 aliphatic heterocycles. The van der Waals surface area contributed by atoms with Crippen LogP contribution in [0.5, 0.6) is 0 Å². The van der Waals surface area contributed by atoms with Crippen LogP contribution in [0.4, 0.5) is 0 Å². The highest BCUT2D eigenvalue weighted by atomic mass is 16.5.